The highest BCUT2D eigenvalue weighted by molar-refractivity contribution is 6.06. The summed E-state index contributed by atoms with van der Waals surface area (Å²) in [6, 6.07) is 18.8. The summed E-state index contributed by atoms with van der Waals surface area (Å²) in [5.74, 6) is -1.50. The molecule has 0 N–H and O–H groups in total. The molecule has 2 aromatic carbocycles. The van der Waals surface area contributed by atoms with Crippen LogP contribution in [0.25, 0.3) is 0 Å². The first-order valence-electron chi connectivity index (χ1n) is 8.60. The predicted octanol–water partition coefficient (Wildman–Crippen LogP) is 3.75. The molecule has 25 heavy (non-hydrogen) atoms. The van der Waals surface area contributed by atoms with Gasteiger partial charge < -0.3 is 9.47 Å². The number of rotatable bonds is 9. The minimum atomic E-state index is -1.22. The molecule has 0 amide bonds. The van der Waals surface area contributed by atoms with Crippen molar-refractivity contribution in [2.75, 3.05) is 13.2 Å². The standard InChI is InChI=1S/C21H24O4/c1-3-15-25-21(23)20(24-4-2)19(22)18(16-11-7-5-8-12-16)17-13-9-6-10-14-17/h5-14,18,20H,3-4,15H2,1-2H3. The molecular formula is C21H24O4. The average molecular weight is 340 g/mol. The molecule has 2 rings (SSSR count). The van der Waals surface area contributed by atoms with Gasteiger partial charge in [-0.2, -0.15) is 0 Å². The lowest BCUT2D eigenvalue weighted by atomic mass is 9.85. The molecule has 1 atom stereocenters. The molecule has 0 spiro atoms. The number of Topliss-reactive ketones (excluding diaryl/α,β-unsaturated/α-hetero) is 1. The van der Waals surface area contributed by atoms with E-state index in [1.807, 2.05) is 67.6 Å². The van der Waals surface area contributed by atoms with Gasteiger partial charge in [0, 0.05) is 6.61 Å². The van der Waals surface area contributed by atoms with Crippen molar-refractivity contribution < 1.29 is 19.1 Å². The minimum Gasteiger partial charge on any atom is -0.463 e. The summed E-state index contributed by atoms with van der Waals surface area (Å²) in [5.41, 5.74) is 1.65. The number of benzene rings is 2. The maximum atomic E-state index is 13.2. The Balaban J connectivity index is 2.37. The average Bonchev–Trinajstić information content (AvgIpc) is 2.66. The molecular weight excluding hydrogens is 316 g/mol. The lowest BCUT2D eigenvalue weighted by Crippen LogP contribution is -2.38. The zero-order valence-corrected chi connectivity index (χ0v) is 14.7. The van der Waals surface area contributed by atoms with Crippen LogP contribution in [0.15, 0.2) is 60.7 Å². The predicted molar refractivity (Wildman–Crippen MR) is 96.4 cm³/mol. The summed E-state index contributed by atoms with van der Waals surface area (Å²) in [7, 11) is 0. The number of hydrogen-bond acceptors (Lipinski definition) is 4. The SMILES string of the molecule is CCCOC(=O)C(OCC)C(=O)C(c1ccccc1)c1ccccc1. The fraction of sp³-hybridized carbons (Fsp3) is 0.333. The second-order valence-corrected chi connectivity index (χ2v) is 5.66. The van der Waals surface area contributed by atoms with Crippen molar-refractivity contribution in [3.05, 3.63) is 71.8 Å². The van der Waals surface area contributed by atoms with Crippen LogP contribution in [0, 0.1) is 0 Å². The van der Waals surface area contributed by atoms with Crippen LogP contribution in [0.4, 0.5) is 0 Å². The highest BCUT2D eigenvalue weighted by Gasteiger charge is 2.35. The number of carbonyl (C=O) groups is 2. The Morgan fingerprint density at radius 1 is 0.880 bits per heavy atom. The normalized spacial score (nSPS) is 12.0. The molecule has 0 heterocycles. The Morgan fingerprint density at radius 2 is 1.40 bits per heavy atom. The largest absolute Gasteiger partial charge is 0.463 e. The first kappa shape index (κ1) is 18.9. The van der Waals surface area contributed by atoms with E-state index >= 15 is 0 Å². The topological polar surface area (TPSA) is 52.6 Å². The van der Waals surface area contributed by atoms with Crippen LogP contribution in [-0.2, 0) is 19.1 Å². The lowest BCUT2D eigenvalue weighted by molar-refractivity contribution is -0.161. The van der Waals surface area contributed by atoms with Crippen molar-refractivity contribution >= 4 is 11.8 Å². The van der Waals surface area contributed by atoms with Crippen LogP contribution in [-0.4, -0.2) is 31.1 Å². The molecule has 4 nitrogen and oxygen atoms in total. The van der Waals surface area contributed by atoms with E-state index in [1.165, 1.54) is 0 Å². The first-order valence-corrected chi connectivity index (χ1v) is 8.60. The Kier molecular flexibility index (Phi) is 7.36. The number of carbonyl (C=O) groups excluding carboxylic acids is 2. The van der Waals surface area contributed by atoms with Crippen molar-refractivity contribution in [1.29, 1.82) is 0 Å². The highest BCUT2D eigenvalue weighted by Crippen LogP contribution is 2.27. The molecule has 2 aromatic rings. The third-order valence-corrected chi connectivity index (χ3v) is 3.80. The van der Waals surface area contributed by atoms with E-state index in [9.17, 15) is 9.59 Å². The molecule has 0 saturated carbocycles. The van der Waals surface area contributed by atoms with Crippen LogP contribution in [0.5, 0.6) is 0 Å². The van der Waals surface area contributed by atoms with Crippen LogP contribution in [0.2, 0.25) is 0 Å². The van der Waals surface area contributed by atoms with Gasteiger partial charge in [0.2, 0.25) is 6.10 Å². The van der Waals surface area contributed by atoms with Crippen molar-refractivity contribution in [2.24, 2.45) is 0 Å². The second kappa shape index (κ2) is 9.74. The summed E-state index contributed by atoms with van der Waals surface area (Å²) < 4.78 is 10.6. The Bertz CT molecular complexity index is 627. The van der Waals surface area contributed by atoms with Gasteiger partial charge in [0.05, 0.1) is 12.5 Å². The summed E-state index contributed by atoms with van der Waals surface area (Å²) in [6.45, 7) is 4.19. The molecule has 0 radical (unpaired) electrons. The molecule has 0 fully saturated rings. The highest BCUT2D eigenvalue weighted by atomic mass is 16.6. The van der Waals surface area contributed by atoms with Crippen molar-refractivity contribution in [3.63, 3.8) is 0 Å². The van der Waals surface area contributed by atoms with E-state index in [-0.39, 0.29) is 19.0 Å². The van der Waals surface area contributed by atoms with Crippen LogP contribution >= 0.6 is 0 Å². The van der Waals surface area contributed by atoms with Gasteiger partial charge in [-0.25, -0.2) is 4.79 Å². The smallest absolute Gasteiger partial charge is 0.343 e. The van der Waals surface area contributed by atoms with E-state index in [1.54, 1.807) is 6.92 Å². The Morgan fingerprint density at radius 3 is 1.84 bits per heavy atom. The summed E-state index contributed by atoms with van der Waals surface area (Å²) in [5, 5.41) is 0. The van der Waals surface area contributed by atoms with E-state index in [2.05, 4.69) is 0 Å². The van der Waals surface area contributed by atoms with Gasteiger partial charge in [-0.1, -0.05) is 67.6 Å². The molecule has 0 aliphatic heterocycles. The molecule has 0 aromatic heterocycles. The number of ether oxygens (including phenoxy) is 2. The van der Waals surface area contributed by atoms with Gasteiger partial charge in [0.1, 0.15) is 0 Å². The van der Waals surface area contributed by atoms with E-state index < -0.39 is 18.0 Å². The minimum absolute atomic E-state index is 0.258. The van der Waals surface area contributed by atoms with Crippen molar-refractivity contribution in [1.82, 2.24) is 0 Å². The zero-order valence-electron chi connectivity index (χ0n) is 14.7. The third-order valence-electron chi connectivity index (χ3n) is 3.80. The van der Waals surface area contributed by atoms with Crippen molar-refractivity contribution in [2.45, 2.75) is 32.3 Å². The van der Waals surface area contributed by atoms with Crippen LogP contribution in [0.1, 0.15) is 37.3 Å². The van der Waals surface area contributed by atoms with Gasteiger partial charge in [-0.3, -0.25) is 4.79 Å². The van der Waals surface area contributed by atoms with Crippen LogP contribution in [0.3, 0.4) is 0 Å². The number of hydrogen-bond donors (Lipinski definition) is 0. The lowest BCUT2D eigenvalue weighted by Gasteiger charge is -2.22. The molecule has 4 heteroatoms. The van der Waals surface area contributed by atoms with E-state index in [4.69, 9.17) is 9.47 Å². The molecule has 0 aliphatic carbocycles. The quantitative estimate of drug-likeness (QED) is 0.515. The van der Waals surface area contributed by atoms with E-state index in [0.29, 0.717) is 6.42 Å². The first-order chi connectivity index (χ1) is 12.2. The maximum Gasteiger partial charge on any atom is 0.343 e. The Hall–Kier alpha value is -2.46. The molecule has 132 valence electrons. The van der Waals surface area contributed by atoms with Gasteiger partial charge in [0.15, 0.2) is 5.78 Å². The van der Waals surface area contributed by atoms with Gasteiger partial charge >= 0.3 is 5.97 Å². The van der Waals surface area contributed by atoms with Crippen LogP contribution < -0.4 is 0 Å². The molecule has 1 unspecified atom stereocenters. The fourth-order valence-corrected chi connectivity index (χ4v) is 2.67. The summed E-state index contributed by atoms with van der Waals surface area (Å²) in [4.78, 5) is 25.5. The fourth-order valence-electron chi connectivity index (χ4n) is 2.67. The molecule has 0 saturated heterocycles. The number of esters is 1. The molecule has 0 aliphatic rings. The molecule has 0 bridgehead atoms. The number of ketones is 1. The maximum absolute atomic E-state index is 13.2. The third kappa shape index (κ3) is 5.00. The monoisotopic (exact) mass is 340 g/mol. The second-order valence-electron chi connectivity index (χ2n) is 5.66. The Labute approximate surface area is 148 Å². The summed E-state index contributed by atoms with van der Waals surface area (Å²) >= 11 is 0. The van der Waals surface area contributed by atoms with Crippen molar-refractivity contribution in [3.8, 4) is 0 Å². The van der Waals surface area contributed by atoms with Gasteiger partial charge in [-0.05, 0) is 24.5 Å². The van der Waals surface area contributed by atoms with Gasteiger partial charge in [0.25, 0.3) is 0 Å². The summed E-state index contributed by atoms with van der Waals surface area (Å²) in [6.07, 6.45) is -0.526. The van der Waals surface area contributed by atoms with Gasteiger partial charge in [-0.15, -0.1) is 0 Å². The zero-order chi connectivity index (χ0) is 18.1. The van der Waals surface area contributed by atoms with E-state index in [0.717, 1.165) is 11.1 Å².